The summed E-state index contributed by atoms with van der Waals surface area (Å²) >= 11 is 0. The summed E-state index contributed by atoms with van der Waals surface area (Å²) in [4.78, 5) is 6.90. The first-order valence-electron chi connectivity index (χ1n) is 9.01. The highest BCUT2D eigenvalue weighted by Crippen LogP contribution is 2.12. The lowest BCUT2D eigenvalue weighted by Gasteiger charge is -2.29. The van der Waals surface area contributed by atoms with Crippen molar-refractivity contribution in [3.05, 3.63) is 29.8 Å². The highest BCUT2D eigenvalue weighted by Gasteiger charge is 2.13. The fourth-order valence-corrected chi connectivity index (χ4v) is 3.11. The average Bonchev–Trinajstić information content (AvgIpc) is 2.63. The molecular formula is C19H33IN4O. The molecule has 0 aliphatic carbocycles. The molecule has 6 heteroatoms. The number of halogens is 1. The van der Waals surface area contributed by atoms with Gasteiger partial charge < -0.3 is 20.3 Å². The van der Waals surface area contributed by atoms with Gasteiger partial charge in [-0.25, -0.2) is 0 Å². The number of hydrogen-bond acceptors (Lipinski definition) is 3. The minimum absolute atomic E-state index is 0. The molecular weight excluding hydrogens is 427 g/mol. The second-order valence-electron chi connectivity index (χ2n) is 6.62. The normalized spacial score (nSPS) is 16.7. The zero-order valence-corrected chi connectivity index (χ0v) is 18.1. The molecule has 1 aromatic carbocycles. The number of rotatable bonds is 7. The molecule has 0 spiro atoms. The first-order chi connectivity index (χ1) is 11.7. The highest BCUT2D eigenvalue weighted by atomic mass is 127. The van der Waals surface area contributed by atoms with Crippen LogP contribution in [0, 0.1) is 5.92 Å². The zero-order valence-electron chi connectivity index (χ0n) is 15.8. The molecule has 1 saturated heterocycles. The van der Waals surface area contributed by atoms with Gasteiger partial charge in [-0.15, -0.1) is 24.0 Å². The van der Waals surface area contributed by atoms with Crippen LogP contribution < -0.4 is 15.4 Å². The molecule has 2 N–H and O–H groups in total. The van der Waals surface area contributed by atoms with Crippen LogP contribution in [0.5, 0.6) is 5.75 Å². The van der Waals surface area contributed by atoms with Gasteiger partial charge in [0.05, 0.1) is 7.11 Å². The molecule has 142 valence electrons. The standard InChI is InChI=1S/C19H32N4O.HI/c1-16(15-23-10-5-4-6-11-23)13-21-19(20-2)22-14-17-8-7-9-18(12-17)24-3;/h7-9,12,16H,4-6,10-11,13-15H2,1-3H3,(H2,20,21,22);1H. The van der Waals surface area contributed by atoms with Crippen molar-refractivity contribution in [3.63, 3.8) is 0 Å². The molecule has 1 atom stereocenters. The number of hydrogen-bond donors (Lipinski definition) is 2. The molecule has 0 radical (unpaired) electrons. The van der Waals surface area contributed by atoms with E-state index < -0.39 is 0 Å². The van der Waals surface area contributed by atoms with Crippen molar-refractivity contribution in [2.75, 3.05) is 40.3 Å². The molecule has 1 aromatic rings. The predicted octanol–water partition coefficient (Wildman–Crippen LogP) is 3.10. The maximum Gasteiger partial charge on any atom is 0.191 e. The molecule has 1 heterocycles. The summed E-state index contributed by atoms with van der Waals surface area (Å²) in [6, 6.07) is 8.09. The van der Waals surface area contributed by atoms with Gasteiger partial charge in [-0.2, -0.15) is 0 Å². The van der Waals surface area contributed by atoms with E-state index in [-0.39, 0.29) is 24.0 Å². The summed E-state index contributed by atoms with van der Waals surface area (Å²) in [6.45, 7) is 7.66. The summed E-state index contributed by atoms with van der Waals surface area (Å²) in [5.74, 6) is 2.34. The van der Waals surface area contributed by atoms with E-state index in [1.807, 2.05) is 25.2 Å². The van der Waals surface area contributed by atoms with Gasteiger partial charge in [0.15, 0.2) is 5.96 Å². The number of aliphatic imine (C=N–C) groups is 1. The Bertz CT molecular complexity index is 518. The van der Waals surface area contributed by atoms with E-state index in [1.165, 1.54) is 44.5 Å². The van der Waals surface area contributed by atoms with Crippen molar-refractivity contribution < 1.29 is 4.74 Å². The second-order valence-corrected chi connectivity index (χ2v) is 6.62. The van der Waals surface area contributed by atoms with E-state index in [2.05, 4.69) is 33.5 Å². The smallest absolute Gasteiger partial charge is 0.191 e. The minimum Gasteiger partial charge on any atom is -0.497 e. The van der Waals surface area contributed by atoms with E-state index in [0.29, 0.717) is 5.92 Å². The van der Waals surface area contributed by atoms with E-state index in [0.717, 1.165) is 24.8 Å². The van der Waals surface area contributed by atoms with Crippen molar-refractivity contribution in [2.24, 2.45) is 10.9 Å². The summed E-state index contributed by atoms with van der Waals surface area (Å²) in [5, 5.41) is 6.80. The first-order valence-corrected chi connectivity index (χ1v) is 9.01. The van der Waals surface area contributed by atoms with E-state index in [1.54, 1.807) is 7.11 Å². The van der Waals surface area contributed by atoms with Crippen LogP contribution in [0.4, 0.5) is 0 Å². The van der Waals surface area contributed by atoms with Gasteiger partial charge in [0.1, 0.15) is 5.75 Å². The Morgan fingerprint density at radius 3 is 2.68 bits per heavy atom. The Hall–Kier alpha value is -1.02. The van der Waals surface area contributed by atoms with Crippen LogP contribution in [0.3, 0.4) is 0 Å². The largest absolute Gasteiger partial charge is 0.497 e. The number of ether oxygens (including phenoxy) is 1. The van der Waals surface area contributed by atoms with E-state index in [9.17, 15) is 0 Å². The number of piperidine rings is 1. The lowest BCUT2D eigenvalue weighted by atomic mass is 10.1. The molecule has 5 nitrogen and oxygen atoms in total. The molecule has 0 bridgehead atoms. The number of benzene rings is 1. The second kappa shape index (κ2) is 12.4. The van der Waals surface area contributed by atoms with Crippen LogP contribution in [0.25, 0.3) is 0 Å². The molecule has 0 saturated carbocycles. The van der Waals surface area contributed by atoms with Gasteiger partial charge in [-0.05, 0) is 49.5 Å². The third-order valence-corrected chi connectivity index (χ3v) is 4.45. The van der Waals surface area contributed by atoms with Crippen LogP contribution >= 0.6 is 24.0 Å². The molecule has 1 aliphatic rings. The lowest BCUT2D eigenvalue weighted by molar-refractivity contribution is 0.201. The van der Waals surface area contributed by atoms with Crippen LogP contribution in [0.1, 0.15) is 31.7 Å². The quantitative estimate of drug-likeness (QED) is 0.373. The highest BCUT2D eigenvalue weighted by molar-refractivity contribution is 14.0. The SMILES string of the molecule is CN=C(NCc1cccc(OC)c1)NCC(C)CN1CCCCC1.I. The Morgan fingerprint density at radius 2 is 2.00 bits per heavy atom. The topological polar surface area (TPSA) is 48.9 Å². The fraction of sp³-hybridized carbons (Fsp3) is 0.632. The van der Waals surface area contributed by atoms with Crippen molar-refractivity contribution in [1.29, 1.82) is 0 Å². The summed E-state index contributed by atoms with van der Waals surface area (Å²) in [6.07, 6.45) is 4.10. The molecule has 0 amide bonds. The van der Waals surface area contributed by atoms with Gasteiger partial charge in [0, 0.05) is 26.7 Å². The van der Waals surface area contributed by atoms with Crippen molar-refractivity contribution in [2.45, 2.75) is 32.7 Å². The van der Waals surface area contributed by atoms with Gasteiger partial charge in [0.25, 0.3) is 0 Å². The molecule has 1 aliphatic heterocycles. The summed E-state index contributed by atoms with van der Waals surface area (Å²) < 4.78 is 5.26. The Morgan fingerprint density at radius 1 is 1.24 bits per heavy atom. The molecule has 1 unspecified atom stereocenters. The molecule has 2 rings (SSSR count). The number of methoxy groups -OCH3 is 1. The molecule has 1 fully saturated rings. The van der Waals surface area contributed by atoms with Crippen molar-refractivity contribution in [3.8, 4) is 5.75 Å². The number of nitrogens with zero attached hydrogens (tertiary/aromatic N) is 2. The minimum atomic E-state index is 0. The zero-order chi connectivity index (χ0) is 17.2. The maximum atomic E-state index is 5.26. The van der Waals surface area contributed by atoms with Crippen molar-refractivity contribution in [1.82, 2.24) is 15.5 Å². The van der Waals surface area contributed by atoms with Crippen LogP contribution in [-0.2, 0) is 6.54 Å². The number of nitrogens with one attached hydrogen (secondary N) is 2. The Labute approximate surface area is 169 Å². The lowest BCUT2D eigenvalue weighted by Crippen LogP contribution is -2.42. The maximum absolute atomic E-state index is 5.26. The molecule has 0 aromatic heterocycles. The van der Waals surface area contributed by atoms with Crippen LogP contribution in [-0.4, -0.2) is 51.2 Å². The third kappa shape index (κ3) is 8.27. The summed E-state index contributed by atoms with van der Waals surface area (Å²) in [7, 11) is 3.51. The van der Waals surface area contributed by atoms with Gasteiger partial charge >= 0.3 is 0 Å². The van der Waals surface area contributed by atoms with E-state index in [4.69, 9.17) is 4.74 Å². The fourth-order valence-electron chi connectivity index (χ4n) is 3.11. The average molecular weight is 460 g/mol. The van der Waals surface area contributed by atoms with Crippen LogP contribution in [0.2, 0.25) is 0 Å². The van der Waals surface area contributed by atoms with Crippen molar-refractivity contribution >= 4 is 29.9 Å². The van der Waals surface area contributed by atoms with Gasteiger partial charge in [-0.1, -0.05) is 25.5 Å². The van der Waals surface area contributed by atoms with Crippen LogP contribution in [0.15, 0.2) is 29.3 Å². The Kier molecular flexibility index (Phi) is 10.9. The van der Waals surface area contributed by atoms with Gasteiger partial charge in [-0.3, -0.25) is 4.99 Å². The Balaban J connectivity index is 0.00000312. The monoisotopic (exact) mass is 460 g/mol. The third-order valence-electron chi connectivity index (χ3n) is 4.45. The molecule has 25 heavy (non-hydrogen) atoms. The first kappa shape index (κ1) is 22.0. The summed E-state index contributed by atoms with van der Waals surface area (Å²) in [5.41, 5.74) is 1.18. The number of guanidine groups is 1. The van der Waals surface area contributed by atoms with E-state index >= 15 is 0 Å². The predicted molar refractivity (Wildman–Crippen MR) is 116 cm³/mol. The van der Waals surface area contributed by atoms with Gasteiger partial charge in [0.2, 0.25) is 0 Å². The number of likely N-dealkylation sites (tertiary alicyclic amines) is 1.